The number of hydrogen-bond donors (Lipinski definition) is 1. The molecule has 1 saturated heterocycles. The number of sulfonamides is 1. The first-order valence-electron chi connectivity index (χ1n) is 6.38. The van der Waals surface area contributed by atoms with Crippen molar-refractivity contribution in [1.29, 1.82) is 0 Å². The Hall–Kier alpha value is -1.71. The second-order valence-corrected chi connectivity index (χ2v) is 6.31. The summed E-state index contributed by atoms with van der Waals surface area (Å²) < 4.78 is 37.2. The van der Waals surface area contributed by atoms with E-state index in [0.717, 1.165) is 31.0 Å². The minimum absolute atomic E-state index is 0.0657. The van der Waals surface area contributed by atoms with Crippen molar-refractivity contribution in [3.8, 4) is 5.75 Å². The molecule has 0 saturated carbocycles. The zero-order chi connectivity index (χ0) is 15.5. The Balaban J connectivity index is 2.20. The van der Waals surface area contributed by atoms with Gasteiger partial charge in [0, 0.05) is 19.2 Å². The fourth-order valence-electron chi connectivity index (χ4n) is 2.08. The number of nitro groups is 1. The van der Waals surface area contributed by atoms with Crippen LogP contribution >= 0.6 is 0 Å². The van der Waals surface area contributed by atoms with Crippen LogP contribution in [0.3, 0.4) is 0 Å². The Bertz CT molecular complexity index is 625. The topological polar surface area (TPSA) is 108 Å². The summed E-state index contributed by atoms with van der Waals surface area (Å²) in [6.45, 7) is 0.801. The minimum atomic E-state index is -3.81. The number of nitrogens with zero attached hydrogens (tertiary/aromatic N) is 1. The summed E-state index contributed by atoms with van der Waals surface area (Å²) in [6, 6.07) is 3.37. The van der Waals surface area contributed by atoms with E-state index in [2.05, 4.69) is 4.72 Å². The zero-order valence-electron chi connectivity index (χ0n) is 11.4. The second kappa shape index (κ2) is 6.37. The zero-order valence-corrected chi connectivity index (χ0v) is 12.3. The predicted molar refractivity (Wildman–Crippen MR) is 73.8 cm³/mol. The number of nitro benzene ring substituents is 1. The number of methoxy groups -OCH3 is 1. The van der Waals surface area contributed by atoms with Crippen molar-refractivity contribution in [2.75, 3.05) is 20.3 Å². The van der Waals surface area contributed by atoms with Crippen molar-refractivity contribution < 1.29 is 22.8 Å². The van der Waals surface area contributed by atoms with Gasteiger partial charge in [0.05, 0.1) is 24.2 Å². The number of non-ortho nitro benzene ring substituents is 1. The number of benzene rings is 1. The number of rotatable bonds is 6. The molecule has 1 aromatic carbocycles. The Kier molecular flexibility index (Phi) is 4.76. The van der Waals surface area contributed by atoms with Crippen molar-refractivity contribution in [3.05, 3.63) is 28.3 Å². The summed E-state index contributed by atoms with van der Waals surface area (Å²) in [6.07, 6.45) is 1.58. The van der Waals surface area contributed by atoms with Gasteiger partial charge < -0.3 is 9.47 Å². The molecule has 0 radical (unpaired) electrons. The Morgan fingerprint density at radius 3 is 2.86 bits per heavy atom. The lowest BCUT2D eigenvalue weighted by Crippen LogP contribution is -2.32. The van der Waals surface area contributed by atoms with E-state index >= 15 is 0 Å². The third kappa shape index (κ3) is 3.69. The van der Waals surface area contributed by atoms with Gasteiger partial charge in [-0.2, -0.15) is 0 Å². The lowest BCUT2D eigenvalue weighted by atomic mass is 10.2. The van der Waals surface area contributed by atoms with Crippen LogP contribution in [0.1, 0.15) is 12.8 Å². The highest BCUT2D eigenvalue weighted by atomic mass is 32.2. The van der Waals surface area contributed by atoms with Crippen LogP contribution in [0, 0.1) is 10.1 Å². The van der Waals surface area contributed by atoms with E-state index in [1.807, 2.05) is 0 Å². The summed E-state index contributed by atoms with van der Waals surface area (Å²) in [5, 5.41) is 10.7. The number of nitrogens with one attached hydrogen (secondary N) is 1. The van der Waals surface area contributed by atoms with Gasteiger partial charge in [-0.3, -0.25) is 10.1 Å². The summed E-state index contributed by atoms with van der Waals surface area (Å²) >= 11 is 0. The molecular weight excluding hydrogens is 300 g/mol. The van der Waals surface area contributed by atoms with Crippen LogP contribution in [-0.4, -0.2) is 39.7 Å². The molecule has 1 heterocycles. The van der Waals surface area contributed by atoms with Crippen LogP contribution in [0.5, 0.6) is 5.75 Å². The fourth-order valence-corrected chi connectivity index (χ4v) is 3.29. The highest BCUT2D eigenvalue weighted by Gasteiger charge is 2.24. The maximum atomic E-state index is 12.2. The lowest BCUT2D eigenvalue weighted by molar-refractivity contribution is -0.385. The van der Waals surface area contributed by atoms with Crippen LogP contribution in [0.4, 0.5) is 5.69 Å². The van der Waals surface area contributed by atoms with E-state index in [1.165, 1.54) is 7.11 Å². The molecule has 1 aliphatic heterocycles. The molecule has 0 bridgehead atoms. The summed E-state index contributed by atoms with van der Waals surface area (Å²) in [5.41, 5.74) is -0.232. The average Bonchev–Trinajstić information content (AvgIpc) is 2.97. The van der Waals surface area contributed by atoms with Crippen LogP contribution in [0.25, 0.3) is 0 Å². The van der Waals surface area contributed by atoms with Gasteiger partial charge in [0.2, 0.25) is 10.0 Å². The van der Waals surface area contributed by atoms with Gasteiger partial charge in [-0.25, -0.2) is 13.1 Å². The van der Waals surface area contributed by atoms with Crippen LogP contribution in [0.2, 0.25) is 0 Å². The monoisotopic (exact) mass is 316 g/mol. The Morgan fingerprint density at radius 1 is 1.52 bits per heavy atom. The Morgan fingerprint density at radius 2 is 2.29 bits per heavy atom. The average molecular weight is 316 g/mol. The normalized spacial score (nSPS) is 18.6. The van der Waals surface area contributed by atoms with Crippen molar-refractivity contribution in [2.45, 2.75) is 23.8 Å². The molecule has 116 valence electrons. The molecule has 1 fully saturated rings. The molecule has 1 atom stereocenters. The molecular formula is C12H16N2O6S. The summed E-state index contributed by atoms with van der Waals surface area (Å²) in [4.78, 5) is 9.95. The van der Waals surface area contributed by atoms with E-state index in [0.29, 0.717) is 6.61 Å². The number of hydrogen-bond acceptors (Lipinski definition) is 6. The lowest BCUT2D eigenvalue weighted by Gasteiger charge is -2.13. The maximum Gasteiger partial charge on any atom is 0.273 e. The van der Waals surface area contributed by atoms with Gasteiger partial charge in [0.25, 0.3) is 5.69 Å². The van der Waals surface area contributed by atoms with Crippen LogP contribution in [-0.2, 0) is 14.8 Å². The molecule has 0 unspecified atom stereocenters. The molecule has 1 aromatic rings. The molecule has 9 heteroatoms. The van der Waals surface area contributed by atoms with Gasteiger partial charge in [-0.05, 0) is 18.9 Å². The van der Waals surface area contributed by atoms with E-state index in [1.54, 1.807) is 0 Å². The first-order valence-corrected chi connectivity index (χ1v) is 7.86. The van der Waals surface area contributed by atoms with Gasteiger partial charge in [0.15, 0.2) is 0 Å². The van der Waals surface area contributed by atoms with Crippen molar-refractivity contribution in [2.24, 2.45) is 0 Å². The molecule has 1 aliphatic rings. The summed E-state index contributed by atoms with van der Waals surface area (Å²) in [7, 11) is -2.55. The molecule has 0 spiro atoms. The van der Waals surface area contributed by atoms with Gasteiger partial charge >= 0.3 is 0 Å². The van der Waals surface area contributed by atoms with E-state index in [9.17, 15) is 18.5 Å². The third-order valence-corrected chi connectivity index (χ3v) is 4.64. The third-order valence-electron chi connectivity index (χ3n) is 3.17. The summed E-state index contributed by atoms with van der Waals surface area (Å²) in [5.74, 6) is -0.0657. The van der Waals surface area contributed by atoms with Crippen molar-refractivity contribution in [1.82, 2.24) is 4.72 Å². The van der Waals surface area contributed by atoms with E-state index in [-0.39, 0.29) is 29.0 Å². The molecule has 2 rings (SSSR count). The molecule has 21 heavy (non-hydrogen) atoms. The first-order chi connectivity index (χ1) is 9.94. The minimum Gasteiger partial charge on any atom is -0.495 e. The standard InChI is InChI=1S/C12H16N2O6S/c1-19-11-7-9(14(15)16)4-5-12(11)21(17,18)13-8-10-3-2-6-20-10/h4-5,7,10,13H,2-3,6,8H2,1H3/t10-/m1/s1. The van der Waals surface area contributed by atoms with Crippen LogP contribution in [0.15, 0.2) is 23.1 Å². The molecule has 0 aliphatic carbocycles. The largest absolute Gasteiger partial charge is 0.495 e. The maximum absolute atomic E-state index is 12.2. The van der Waals surface area contributed by atoms with E-state index < -0.39 is 14.9 Å². The smallest absolute Gasteiger partial charge is 0.273 e. The fraction of sp³-hybridized carbons (Fsp3) is 0.500. The number of ether oxygens (including phenoxy) is 2. The van der Waals surface area contributed by atoms with Crippen LogP contribution < -0.4 is 9.46 Å². The molecule has 1 N–H and O–H groups in total. The SMILES string of the molecule is COc1cc([N+](=O)[O-])ccc1S(=O)(=O)NC[C@H]1CCCO1. The highest BCUT2D eigenvalue weighted by molar-refractivity contribution is 7.89. The molecule has 0 amide bonds. The highest BCUT2D eigenvalue weighted by Crippen LogP contribution is 2.28. The van der Waals surface area contributed by atoms with Crippen molar-refractivity contribution in [3.63, 3.8) is 0 Å². The van der Waals surface area contributed by atoms with E-state index in [4.69, 9.17) is 9.47 Å². The van der Waals surface area contributed by atoms with Gasteiger partial charge in [0.1, 0.15) is 10.6 Å². The molecule has 8 nitrogen and oxygen atoms in total. The Labute approximate surface area is 122 Å². The van der Waals surface area contributed by atoms with Gasteiger partial charge in [-0.1, -0.05) is 0 Å². The van der Waals surface area contributed by atoms with Crippen molar-refractivity contribution >= 4 is 15.7 Å². The predicted octanol–water partition coefficient (Wildman–Crippen LogP) is 1.06. The molecule has 0 aromatic heterocycles. The van der Waals surface area contributed by atoms with Gasteiger partial charge in [-0.15, -0.1) is 0 Å². The second-order valence-electron chi connectivity index (χ2n) is 4.58. The first kappa shape index (κ1) is 15.7. The quantitative estimate of drug-likeness (QED) is 0.621.